The molecule has 0 radical (unpaired) electrons. The van der Waals surface area contributed by atoms with Crippen molar-refractivity contribution in [2.75, 3.05) is 25.5 Å². The first-order valence-electron chi connectivity index (χ1n) is 6.86. The van der Waals surface area contributed by atoms with E-state index in [1.165, 1.54) is 7.11 Å². The van der Waals surface area contributed by atoms with Crippen molar-refractivity contribution >= 4 is 17.7 Å². The van der Waals surface area contributed by atoms with Crippen molar-refractivity contribution in [3.63, 3.8) is 0 Å². The fraction of sp³-hybridized carbons (Fsp3) is 0.467. The lowest BCUT2D eigenvalue weighted by Gasteiger charge is -2.22. The molecule has 0 spiro atoms. The van der Waals surface area contributed by atoms with Gasteiger partial charge in [-0.25, -0.2) is 9.59 Å². The smallest absolute Gasteiger partial charge is 0.337 e. The molecule has 0 saturated carbocycles. The minimum atomic E-state index is -0.417. The van der Waals surface area contributed by atoms with Crippen LogP contribution < -0.4 is 5.32 Å². The highest BCUT2D eigenvalue weighted by Gasteiger charge is 2.12. The third-order valence-corrected chi connectivity index (χ3v) is 2.81. The first-order chi connectivity index (χ1) is 9.62. The summed E-state index contributed by atoms with van der Waals surface area (Å²) >= 11 is 0. The van der Waals surface area contributed by atoms with E-state index in [9.17, 15) is 9.59 Å². The summed E-state index contributed by atoms with van der Waals surface area (Å²) in [4.78, 5) is 25.4. The van der Waals surface area contributed by atoms with Crippen molar-refractivity contribution in [3.8, 4) is 0 Å². The van der Waals surface area contributed by atoms with Gasteiger partial charge in [0.1, 0.15) is 0 Å². The van der Waals surface area contributed by atoms with Crippen LogP contribution in [0, 0.1) is 0 Å². The first-order valence-corrected chi connectivity index (χ1v) is 6.86. The predicted octanol–water partition coefficient (Wildman–Crippen LogP) is 3.13. The monoisotopic (exact) mass is 278 g/mol. The Kier molecular flexibility index (Phi) is 6.56. The van der Waals surface area contributed by atoms with Crippen LogP contribution in [0.4, 0.5) is 10.5 Å². The molecule has 0 heterocycles. The number of nitrogens with one attached hydrogen (secondary N) is 1. The summed E-state index contributed by atoms with van der Waals surface area (Å²) in [7, 11) is 1.33. The number of hydrogen-bond acceptors (Lipinski definition) is 3. The van der Waals surface area contributed by atoms with Crippen LogP contribution in [-0.2, 0) is 4.74 Å². The molecule has 1 N–H and O–H groups in total. The minimum absolute atomic E-state index is 0.143. The van der Waals surface area contributed by atoms with Crippen LogP contribution in [0.5, 0.6) is 0 Å². The molecule has 0 aliphatic carbocycles. The van der Waals surface area contributed by atoms with Gasteiger partial charge in [-0.2, -0.15) is 0 Å². The van der Waals surface area contributed by atoms with Crippen molar-refractivity contribution in [3.05, 3.63) is 29.8 Å². The molecule has 0 aromatic heterocycles. The lowest BCUT2D eigenvalue weighted by atomic mass is 10.2. The summed E-state index contributed by atoms with van der Waals surface area (Å²) in [5.41, 5.74) is 1.01. The molecule has 110 valence electrons. The van der Waals surface area contributed by atoms with Crippen molar-refractivity contribution in [2.24, 2.45) is 0 Å². The first kappa shape index (κ1) is 16.0. The normalized spacial score (nSPS) is 9.95. The SMILES string of the molecule is CCCN(CCC)C(=O)Nc1cccc(C(=O)OC)c1. The van der Waals surface area contributed by atoms with Gasteiger partial charge in [-0.3, -0.25) is 0 Å². The van der Waals surface area contributed by atoms with Gasteiger partial charge in [0, 0.05) is 18.8 Å². The maximum absolute atomic E-state index is 12.1. The van der Waals surface area contributed by atoms with Crippen LogP contribution in [0.15, 0.2) is 24.3 Å². The van der Waals surface area contributed by atoms with Crippen LogP contribution >= 0.6 is 0 Å². The van der Waals surface area contributed by atoms with Gasteiger partial charge in [0.2, 0.25) is 0 Å². The number of carbonyl (C=O) groups is 2. The Balaban J connectivity index is 2.76. The second kappa shape index (κ2) is 8.19. The average molecular weight is 278 g/mol. The summed E-state index contributed by atoms with van der Waals surface area (Å²) in [6, 6.07) is 6.58. The minimum Gasteiger partial charge on any atom is -0.465 e. The zero-order valence-electron chi connectivity index (χ0n) is 12.3. The fourth-order valence-electron chi connectivity index (χ4n) is 1.90. The third kappa shape index (κ3) is 4.57. The van der Waals surface area contributed by atoms with Crippen molar-refractivity contribution in [1.29, 1.82) is 0 Å². The summed E-state index contributed by atoms with van der Waals surface area (Å²) < 4.78 is 4.66. The Morgan fingerprint density at radius 2 is 1.85 bits per heavy atom. The van der Waals surface area contributed by atoms with E-state index in [0.717, 1.165) is 25.9 Å². The maximum atomic E-state index is 12.1. The number of anilines is 1. The molecular formula is C15H22N2O3. The molecule has 0 aliphatic rings. The molecule has 0 aliphatic heterocycles. The van der Waals surface area contributed by atoms with Crippen molar-refractivity contribution in [2.45, 2.75) is 26.7 Å². The van der Waals surface area contributed by atoms with Gasteiger partial charge >= 0.3 is 12.0 Å². The molecule has 0 saturated heterocycles. The molecule has 1 aromatic carbocycles. The molecule has 0 bridgehead atoms. The Morgan fingerprint density at radius 3 is 2.40 bits per heavy atom. The number of nitrogens with zero attached hydrogens (tertiary/aromatic N) is 1. The second-order valence-electron chi connectivity index (χ2n) is 4.49. The zero-order chi connectivity index (χ0) is 15.0. The molecule has 1 aromatic rings. The largest absolute Gasteiger partial charge is 0.465 e. The number of ether oxygens (including phenoxy) is 1. The van der Waals surface area contributed by atoms with Crippen LogP contribution in [0.2, 0.25) is 0 Å². The van der Waals surface area contributed by atoms with Gasteiger partial charge in [0.05, 0.1) is 12.7 Å². The van der Waals surface area contributed by atoms with E-state index in [1.54, 1.807) is 29.2 Å². The van der Waals surface area contributed by atoms with Crippen LogP contribution in [0.25, 0.3) is 0 Å². The number of methoxy groups -OCH3 is 1. The molecule has 1 rings (SSSR count). The highest BCUT2D eigenvalue weighted by Crippen LogP contribution is 2.12. The van der Waals surface area contributed by atoms with Crippen molar-refractivity contribution < 1.29 is 14.3 Å². The Bertz CT molecular complexity index is 454. The number of carbonyl (C=O) groups excluding carboxylic acids is 2. The molecule has 5 nitrogen and oxygen atoms in total. The Labute approximate surface area is 119 Å². The van der Waals surface area contributed by atoms with E-state index < -0.39 is 5.97 Å². The van der Waals surface area contributed by atoms with Gasteiger partial charge in [0.15, 0.2) is 0 Å². The van der Waals surface area contributed by atoms with Crippen LogP contribution in [0.1, 0.15) is 37.0 Å². The van der Waals surface area contributed by atoms with E-state index in [1.807, 2.05) is 13.8 Å². The van der Waals surface area contributed by atoms with E-state index in [4.69, 9.17) is 0 Å². The number of esters is 1. The van der Waals surface area contributed by atoms with Gasteiger partial charge < -0.3 is 15.0 Å². The molecule has 0 atom stereocenters. The number of hydrogen-bond donors (Lipinski definition) is 1. The van der Waals surface area contributed by atoms with E-state index in [-0.39, 0.29) is 6.03 Å². The van der Waals surface area contributed by atoms with Gasteiger partial charge in [-0.15, -0.1) is 0 Å². The van der Waals surface area contributed by atoms with E-state index >= 15 is 0 Å². The quantitative estimate of drug-likeness (QED) is 0.813. The standard InChI is InChI=1S/C15H22N2O3/c1-4-9-17(10-5-2)15(19)16-13-8-6-7-12(11-13)14(18)20-3/h6-8,11H,4-5,9-10H2,1-3H3,(H,16,19). The third-order valence-electron chi connectivity index (χ3n) is 2.81. The van der Waals surface area contributed by atoms with Gasteiger partial charge in [-0.1, -0.05) is 19.9 Å². The number of benzene rings is 1. The van der Waals surface area contributed by atoms with Gasteiger partial charge in [0.25, 0.3) is 0 Å². The number of amides is 2. The maximum Gasteiger partial charge on any atom is 0.337 e. The lowest BCUT2D eigenvalue weighted by Crippen LogP contribution is -2.36. The predicted molar refractivity (Wildman–Crippen MR) is 79.0 cm³/mol. The highest BCUT2D eigenvalue weighted by atomic mass is 16.5. The highest BCUT2D eigenvalue weighted by molar-refractivity contribution is 5.93. The topological polar surface area (TPSA) is 58.6 Å². The number of rotatable bonds is 6. The lowest BCUT2D eigenvalue weighted by molar-refractivity contribution is 0.0600. The molecule has 2 amide bonds. The molecular weight excluding hydrogens is 256 g/mol. The van der Waals surface area contributed by atoms with Crippen LogP contribution in [-0.4, -0.2) is 37.1 Å². The zero-order valence-corrected chi connectivity index (χ0v) is 12.3. The van der Waals surface area contributed by atoms with Gasteiger partial charge in [-0.05, 0) is 31.0 Å². The van der Waals surface area contributed by atoms with E-state index in [0.29, 0.717) is 11.3 Å². The molecule has 0 unspecified atom stereocenters. The summed E-state index contributed by atoms with van der Waals surface area (Å²) in [5, 5.41) is 2.81. The Hall–Kier alpha value is -2.04. The Morgan fingerprint density at radius 1 is 1.20 bits per heavy atom. The van der Waals surface area contributed by atoms with Crippen LogP contribution in [0.3, 0.4) is 0 Å². The van der Waals surface area contributed by atoms with Crippen molar-refractivity contribution in [1.82, 2.24) is 4.90 Å². The number of urea groups is 1. The fourth-order valence-corrected chi connectivity index (χ4v) is 1.90. The summed E-state index contributed by atoms with van der Waals surface area (Å²) in [6.45, 7) is 5.51. The molecule has 0 fully saturated rings. The summed E-state index contributed by atoms with van der Waals surface area (Å²) in [6.07, 6.45) is 1.82. The average Bonchev–Trinajstić information content (AvgIpc) is 2.46. The molecule has 20 heavy (non-hydrogen) atoms. The van der Waals surface area contributed by atoms with E-state index in [2.05, 4.69) is 10.1 Å². The summed E-state index contributed by atoms with van der Waals surface area (Å²) in [5.74, 6) is -0.417. The second-order valence-corrected chi connectivity index (χ2v) is 4.49. The molecule has 5 heteroatoms.